The molecule has 0 aliphatic heterocycles. The molecule has 11 heteroatoms. The van der Waals surface area contributed by atoms with Crippen molar-refractivity contribution >= 4 is 29.5 Å². The average molecular weight is 449 g/mol. The normalized spacial score (nSPS) is 11.1. The van der Waals surface area contributed by atoms with Crippen LogP contribution in [0.15, 0.2) is 53.6 Å². The van der Waals surface area contributed by atoms with Crippen molar-refractivity contribution in [1.29, 1.82) is 0 Å². The van der Waals surface area contributed by atoms with E-state index in [9.17, 15) is 19.5 Å². The Morgan fingerprint density at radius 2 is 1.79 bits per heavy atom. The first-order chi connectivity index (χ1) is 15.9. The quantitative estimate of drug-likeness (QED) is 0.192. The van der Waals surface area contributed by atoms with Gasteiger partial charge in [0.1, 0.15) is 0 Å². The molecule has 0 spiro atoms. The molecule has 0 unspecified atom stereocenters. The van der Waals surface area contributed by atoms with Gasteiger partial charge in [0.05, 0.1) is 11.3 Å². The van der Waals surface area contributed by atoms with E-state index in [4.69, 9.17) is 11.7 Å². The third-order valence-electron chi connectivity index (χ3n) is 4.98. The van der Waals surface area contributed by atoms with Crippen molar-refractivity contribution in [2.45, 2.75) is 12.8 Å². The van der Waals surface area contributed by atoms with E-state index >= 15 is 0 Å². The molecule has 2 aromatic carbocycles. The molecule has 0 aliphatic rings. The van der Waals surface area contributed by atoms with Crippen LogP contribution in [0.25, 0.3) is 0 Å². The van der Waals surface area contributed by atoms with Gasteiger partial charge in [0.15, 0.2) is 17.5 Å². The summed E-state index contributed by atoms with van der Waals surface area (Å²) in [4.78, 5) is 36.4. The van der Waals surface area contributed by atoms with Gasteiger partial charge in [0.2, 0.25) is 0 Å². The van der Waals surface area contributed by atoms with E-state index in [1.165, 1.54) is 18.2 Å². The summed E-state index contributed by atoms with van der Waals surface area (Å²) in [7, 11) is 1.74. The molecule has 3 rings (SSSR count). The number of carbonyl (C=O) groups excluding carboxylic acids is 2. The number of rotatable bonds is 8. The number of carboxylic acid groups (broad SMARTS) is 1. The lowest BCUT2D eigenvalue weighted by molar-refractivity contribution is 0.0698. The molecule has 1 aromatic heterocycles. The van der Waals surface area contributed by atoms with E-state index in [0.29, 0.717) is 18.4 Å². The number of hydrogen-bond acceptors (Lipinski definition) is 8. The molecule has 11 nitrogen and oxygen atoms in total. The van der Waals surface area contributed by atoms with E-state index < -0.39 is 11.9 Å². The highest BCUT2D eigenvalue weighted by atomic mass is 16.4. The van der Waals surface area contributed by atoms with Crippen molar-refractivity contribution < 1.29 is 19.5 Å². The minimum atomic E-state index is -1.19. The lowest BCUT2D eigenvalue weighted by Gasteiger charge is -2.12. The molecule has 0 aliphatic carbocycles. The molecular formula is C22H23N7O4. The molecule has 170 valence electrons. The SMILES string of the molecule is CNc1ccc(CCc2ccc(C(=O)O)c(NC(=O)c3cc/c(=N/N)n(N)n3)c2)cc1C=O. The fraction of sp³-hybridized carbons (Fsp3) is 0.136. The lowest BCUT2D eigenvalue weighted by atomic mass is 10.00. The molecule has 0 saturated carbocycles. The maximum atomic E-state index is 12.6. The van der Waals surface area contributed by atoms with Gasteiger partial charge in [-0.15, -0.1) is 5.10 Å². The number of aromatic nitrogens is 2. The number of aldehydes is 1. The van der Waals surface area contributed by atoms with Crippen LogP contribution in [0.3, 0.4) is 0 Å². The predicted molar refractivity (Wildman–Crippen MR) is 122 cm³/mol. The Morgan fingerprint density at radius 1 is 1.09 bits per heavy atom. The number of carboxylic acids is 1. The summed E-state index contributed by atoms with van der Waals surface area (Å²) in [5.41, 5.74) is 3.22. The van der Waals surface area contributed by atoms with Gasteiger partial charge >= 0.3 is 5.97 Å². The summed E-state index contributed by atoms with van der Waals surface area (Å²) >= 11 is 0. The third-order valence-corrected chi connectivity index (χ3v) is 4.98. The molecule has 7 N–H and O–H groups in total. The Kier molecular flexibility index (Phi) is 7.03. The van der Waals surface area contributed by atoms with E-state index in [1.54, 1.807) is 25.2 Å². The van der Waals surface area contributed by atoms with Gasteiger partial charge in [-0.25, -0.2) is 4.79 Å². The van der Waals surface area contributed by atoms with Gasteiger partial charge in [-0.3, -0.25) is 9.59 Å². The van der Waals surface area contributed by atoms with Crippen molar-refractivity contribution in [3.63, 3.8) is 0 Å². The van der Waals surface area contributed by atoms with Crippen molar-refractivity contribution in [2.75, 3.05) is 23.5 Å². The number of hydrogen-bond donors (Lipinski definition) is 5. The Hall–Kier alpha value is -4.67. The summed E-state index contributed by atoms with van der Waals surface area (Å²) in [5, 5.41) is 22.3. The van der Waals surface area contributed by atoms with Crippen LogP contribution < -0.4 is 27.8 Å². The van der Waals surface area contributed by atoms with Crippen LogP contribution in [0.1, 0.15) is 42.3 Å². The number of aryl methyl sites for hydroxylation is 2. The van der Waals surface area contributed by atoms with E-state index in [-0.39, 0.29) is 22.4 Å². The van der Waals surface area contributed by atoms with Gasteiger partial charge in [-0.1, -0.05) is 12.1 Å². The first kappa shape index (κ1) is 23.0. The molecule has 1 heterocycles. The number of benzene rings is 2. The topological polar surface area (TPSA) is 178 Å². The van der Waals surface area contributed by atoms with Crippen LogP contribution in [0.4, 0.5) is 11.4 Å². The van der Waals surface area contributed by atoms with Gasteiger partial charge in [-0.05, 0) is 60.4 Å². The summed E-state index contributed by atoms with van der Waals surface area (Å²) in [5.74, 6) is 8.97. The van der Waals surface area contributed by atoms with E-state index in [2.05, 4.69) is 20.8 Å². The summed E-state index contributed by atoms with van der Waals surface area (Å²) < 4.78 is 0. The minimum Gasteiger partial charge on any atom is -0.478 e. The third kappa shape index (κ3) is 5.34. The smallest absolute Gasteiger partial charge is 0.337 e. The molecule has 0 atom stereocenters. The number of aromatic carboxylic acids is 1. The highest BCUT2D eigenvalue weighted by Gasteiger charge is 2.16. The molecular weight excluding hydrogens is 426 g/mol. The van der Waals surface area contributed by atoms with Gasteiger partial charge < -0.3 is 27.4 Å². The first-order valence-electron chi connectivity index (χ1n) is 9.89. The van der Waals surface area contributed by atoms with Crippen LogP contribution >= 0.6 is 0 Å². The fourth-order valence-electron chi connectivity index (χ4n) is 3.26. The van der Waals surface area contributed by atoms with Crippen molar-refractivity contribution in [3.8, 4) is 0 Å². The highest BCUT2D eigenvalue weighted by molar-refractivity contribution is 6.06. The zero-order valence-electron chi connectivity index (χ0n) is 17.8. The molecule has 0 saturated heterocycles. The number of amides is 1. The van der Waals surface area contributed by atoms with Crippen molar-refractivity contribution in [3.05, 3.63) is 82.0 Å². The summed E-state index contributed by atoms with van der Waals surface area (Å²) in [6.45, 7) is 0. The molecule has 0 radical (unpaired) electrons. The Morgan fingerprint density at radius 3 is 2.39 bits per heavy atom. The maximum Gasteiger partial charge on any atom is 0.337 e. The van der Waals surface area contributed by atoms with Crippen LogP contribution in [-0.4, -0.2) is 40.2 Å². The van der Waals surface area contributed by atoms with Crippen molar-refractivity contribution in [2.24, 2.45) is 10.9 Å². The van der Waals surface area contributed by atoms with Crippen molar-refractivity contribution in [1.82, 2.24) is 9.89 Å². The van der Waals surface area contributed by atoms with Gasteiger partial charge in [-0.2, -0.15) is 9.89 Å². The number of carbonyl (C=O) groups is 3. The van der Waals surface area contributed by atoms with Crippen LogP contribution in [-0.2, 0) is 12.8 Å². The zero-order valence-corrected chi connectivity index (χ0v) is 17.8. The Bertz CT molecular complexity index is 1280. The largest absolute Gasteiger partial charge is 0.478 e. The number of nitrogens with zero attached hydrogens (tertiary/aromatic N) is 3. The highest BCUT2D eigenvalue weighted by Crippen LogP contribution is 2.21. The fourth-order valence-corrected chi connectivity index (χ4v) is 3.26. The monoisotopic (exact) mass is 449 g/mol. The number of nitrogens with one attached hydrogen (secondary N) is 2. The van der Waals surface area contributed by atoms with Crippen LogP contribution in [0.5, 0.6) is 0 Å². The molecule has 33 heavy (non-hydrogen) atoms. The molecule has 1 amide bonds. The second kappa shape index (κ2) is 10.1. The maximum absolute atomic E-state index is 12.6. The van der Waals surface area contributed by atoms with Crippen LogP contribution in [0.2, 0.25) is 0 Å². The summed E-state index contributed by atoms with van der Waals surface area (Å²) in [6.07, 6.45) is 1.97. The van der Waals surface area contributed by atoms with E-state index in [0.717, 1.165) is 27.9 Å². The van der Waals surface area contributed by atoms with Crippen LogP contribution in [0, 0.1) is 0 Å². The lowest BCUT2D eigenvalue weighted by Crippen LogP contribution is -2.33. The summed E-state index contributed by atoms with van der Waals surface area (Å²) in [6, 6.07) is 13.0. The van der Waals surface area contributed by atoms with Gasteiger partial charge in [0.25, 0.3) is 5.91 Å². The first-order valence-corrected chi connectivity index (χ1v) is 9.89. The van der Waals surface area contributed by atoms with E-state index in [1.807, 2.05) is 12.1 Å². The number of anilines is 2. The number of nitrogen functional groups attached to an aromatic ring is 1. The predicted octanol–water partition coefficient (Wildman–Crippen LogP) is 0.961. The Balaban J connectivity index is 1.82. The molecule has 3 aromatic rings. The van der Waals surface area contributed by atoms with Gasteiger partial charge in [0, 0.05) is 18.3 Å². The molecule has 0 bridgehead atoms. The standard InChI is InChI=1S/C22H23N7O4/c1-25-17-7-5-13(10-15(17)12-30)2-3-14-4-6-16(22(32)33)19(11-14)26-21(31)18-8-9-20(27-23)29(24)28-18/h4-12,25H,2-3,23-24H2,1H3,(H,26,31)(H,32,33)/b27-20-. The molecule has 0 fully saturated rings. The Labute approximate surface area is 188 Å². The minimum absolute atomic E-state index is 0.0438. The second-order valence-corrected chi connectivity index (χ2v) is 7.08. The average Bonchev–Trinajstić information content (AvgIpc) is 2.82. The number of nitrogens with two attached hydrogens (primary N) is 2. The second-order valence-electron chi connectivity index (χ2n) is 7.08. The zero-order chi connectivity index (χ0) is 24.0.